The van der Waals surface area contributed by atoms with Crippen LogP contribution in [0.2, 0.25) is 10.0 Å². The maximum atomic E-state index is 12.3. The summed E-state index contributed by atoms with van der Waals surface area (Å²) in [6, 6.07) is 21.5. The van der Waals surface area contributed by atoms with Crippen LogP contribution in [0.15, 0.2) is 77.7 Å². The van der Waals surface area contributed by atoms with Crippen molar-refractivity contribution in [1.29, 1.82) is 0 Å². The van der Waals surface area contributed by atoms with Crippen LogP contribution < -0.4 is 5.32 Å². The molecule has 0 saturated carbocycles. The molecule has 6 heteroatoms. The Labute approximate surface area is 178 Å². The van der Waals surface area contributed by atoms with Crippen molar-refractivity contribution < 1.29 is 9.59 Å². The van der Waals surface area contributed by atoms with Crippen LogP contribution in [0.5, 0.6) is 0 Å². The number of hydrogen-bond acceptors (Lipinski definition) is 3. The Balaban J connectivity index is 1.55. The monoisotopic (exact) mass is 429 g/mol. The molecule has 3 aromatic rings. The standard InChI is InChI=1S/C22H17Cl2NO2S/c23-17-8-4-15(5-9-17)12-22(27)25-19-2-1-3-20(13-19)28-14-21(26)16-6-10-18(24)11-7-16/h1-11,13H,12,14H2,(H,25,27). The smallest absolute Gasteiger partial charge is 0.228 e. The van der Waals surface area contributed by atoms with Gasteiger partial charge in [0, 0.05) is 26.2 Å². The highest BCUT2D eigenvalue weighted by Gasteiger charge is 2.08. The zero-order chi connectivity index (χ0) is 19.9. The van der Waals surface area contributed by atoms with Gasteiger partial charge in [-0.1, -0.05) is 41.4 Å². The summed E-state index contributed by atoms with van der Waals surface area (Å²) in [5.41, 5.74) is 2.22. The van der Waals surface area contributed by atoms with E-state index < -0.39 is 0 Å². The molecule has 0 heterocycles. The number of thioether (sulfide) groups is 1. The van der Waals surface area contributed by atoms with E-state index >= 15 is 0 Å². The summed E-state index contributed by atoms with van der Waals surface area (Å²) < 4.78 is 0. The molecule has 0 aliphatic heterocycles. The predicted molar refractivity (Wildman–Crippen MR) is 117 cm³/mol. The predicted octanol–water partition coefficient (Wildman–Crippen LogP) is 6.15. The van der Waals surface area contributed by atoms with E-state index in [0.717, 1.165) is 10.5 Å². The largest absolute Gasteiger partial charge is 0.326 e. The molecule has 3 aromatic carbocycles. The second kappa shape index (κ2) is 9.78. The lowest BCUT2D eigenvalue weighted by molar-refractivity contribution is -0.115. The Morgan fingerprint density at radius 1 is 0.857 bits per heavy atom. The summed E-state index contributed by atoms with van der Waals surface area (Å²) in [6.45, 7) is 0. The molecule has 0 aromatic heterocycles. The third-order valence-corrected chi connectivity index (χ3v) is 5.43. The van der Waals surface area contributed by atoms with E-state index in [2.05, 4.69) is 5.32 Å². The first-order chi connectivity index (χ1) is 13.5. The third kappa shape index (κ3) is 6.13. The van der Waals surface area contributed by atoms with Crippen molar-refractivity contribution in [3.63, 3.8) is 0 Å². The number of benzene rings is 3. The number of carbonyl (C=O) groups is 2. The molecule has 0 aliphatic carbocycles. The maximum absolute atomic E-state index is 12.3. The summed E-state index contributed by atoms with van der Waals surface area (Å²) >= 11 is 13.1. The van der Waals surface area contributed by atoms with Gasteiger partial charge < -0.3 is 5.32 Å². The number of rotatable bonds is 7. The molecule has 0 fully saturated rings. The number of carbonyl (C=O) groups excluding carboxylic acids is 2. The van der Waals surface area contributed by atoms with Crippen LogP contribution >= 0.6 is 35.0 Å². The third-order valence-electron chi connectivity index (χ3n) is 3.93. The lowest BCUT2D eigenvalue weighted by Gasteiger charge is -2.08. The van der Waals surface area contributed by atoms with Crippen molar-refractivity contribution in [2.45, 2.75) is 11.3 Å². The van der Waals surface area contributed by atoms with Crippen molar-refractivity contribution in [2.75, 3.05) is 11.1 Å². The Bertz CT molecular complexity index is 973. The van der Waals surface area contributed by atoms with Crippen LogP contribution in [0.4, 0.5) is 5.69 Å². The van der Waals surface area contributed by atoms with Crippen LogP contribution in [-0.4, -0.2) is 17.4 Å². The average molecular weight is 430 g/mol. The quantitative estimate of drug-likeness (QED) is 0.361. The van der Waals surface area contributed by atoms with Crippen LogP contribution in [0.1, 0.15) is 15.9 Å². The van der Waals surface area contributed by atoms with Gasteiger partial charge in [-0.2, -0.15) is 0 Å². The minimum atomic E-state index is -0.110. The normalized spacial score (nSPS) is 10.5. The lowest BCUT2D eigenvalue weighted by Crippen LogP contribution is -2.14. The minimum absolute atomic E-state index is 0.0267. The number of amides is 1. The molecule has 0 bridgehead atoms. The zero-order valence-corrected chi connectivity index (χ0v) is 17.2. The number of ketones is 1. The fourth-order valence-corrected chi connectivity index (χ4v) is 3.63. The van der Waals surface area contributed by atoms with E-state index in [1.165, 1.54) is 11.8 Å². The molecule has 28 heavy (non-hydrogen) atoms. The average Bonchev–Trinajstić information content (AvgIpc) is 2.69. The minimum Gasteiger partial charge on any atom is -0.326 e. The van der Waals surface area contributed by atoms with Crippen molar-refractivity contribution >= 4 is 52.3 Å². The Kier molecular flexibility index (Phi) is 7.15. The van der Waals surface area contributed by atoms with Gasteiger partial charge >= 0.3 is 0 Å². The number of hydrogen-bond donors (Lipinski definition) is 1. The van der Waals surface area contributed by atoms with E-state index in [-0.39, 0.29) is 18.1 Å². The van der Waals surface area contributed by atoms with Crippen molar-refractivity contribution in [3.8, 4) is 0 Å². The molecule has 0 radical (unpaired) electrons. The van der Waals surface area contributed by atoms with Gasteiger partial charge in [0.1, 0.15) is 0 Å². The van der Waals surface area contributed by atoms with Gasteiger partial charge in [0.15, 0.2) is 5.78 Å². The van der Waals surface area contributed by atoms with Gasteiger partial charge in [0.25, 0.3) is 0 Å². The fourth-order valence-electron chi connectivity index (χ4n) is 2.52. The highest BCUT2D eigenvalue weighted by Crippen LogP contribution is 2.23. The van der Waals surface area contributed by atoms with Crippen LogP contribution in [0.25, 0.3) is 0 Å². The summed E-state index contributed by atoms with van der Waals surface area (Å²) in [4.78, 5) is 25.4. The molecule has 3 nitrogen and oxygen atoms in total. The SMILES string of the molecule is O=C(Cc1ccc(Cl)cc1)Nc1cccc(SCC(=O)c2ccc(Cl)cc2)c1. The van der Waals surface area contributed by atoms with Gasteiger partial charge in [-0.15, -0.1) is 11.8 Å². The number of anilines is 1. The van der Waals surface area contributed by atoms with Gasteiger partial charge in [-0.05, 0) is 60.2 Å². The molecule has 1 amide bonds. The summed E-state index contributed by atoms with van der Waals surface area (Å²) in [7, 11) is 0. The van der Waals surface area contributed by atoms with Gasteiger partial charge in [0.2, 0.25) is 5.91 Å². The van der Waals surface area contributed by atoms with E-state index in [0.29, 0.717) is 27.0 Å². The first-order valence-electron chi connectivity index (χ1n) is 8.55. The lowest BCUT2D eigenvalue weighted by atomic mass is 10.1. The first-order valence-corrected chi connectivity index (χ1v) is 10.3. The molecule has 0 saturated heterocycles. The Morgan fingerprint density at radius 2 is 1.50 bits per heavy atom. The zero-order valence-electron chi connectivity index (χ0n) is 14.8. The molecule has 3 rings (SSSR count). The van der Waals surface area contributed by atoms with E-state index in [1.807, 2.05) is 36.4 Å². The van der Waals surface area contributed by atoms with Crippen molar-refractivity contribution in [3.05, 3.63) is 94.0 Å². The topological polar surface area (TPSA) is 46.2 Å². The van der Waals surface area contributed by atoms with Crippen LogP contribution in [0, 0.1) is 0 Å². The van der Waals surface area contributed by atoms with Crippen LogP contribution in [-0.2, 0) is 11.2 Å². The Hall–Kier alpha value is -2.27. The Morgan fingerprint density at radius 3 is 2.18 bits per heavy atom. The summed E-state index contributed by atoms with van der Waals surface area (Å²) in [5, 5.41) is 4.13. The first kappa shape index (κ1) is 20.5. The van der Waals surface area contributed by atoms with Gasteiger partial charge in [-0.3, -0.25) is 9.59 Å². The number of halogens is 2. The summed E-state index contributed by atoms with van der Waals surface area (Å²) in [5.74, 6) is 0.227. The molecule has 142 valence electrons. The highest BCUT2D eigenvalue weighted by molar-refractivity contribution is 8.00. The van der Waals surface area contributed by atoms with Gasteiger partial charge in [-0.25, -0.2) is 0 Å². The second-order valence-electron chi connectivity index (χ2n) is 6.10. The maximum Gasteiger partial charge on any atom is 0.228 e. The number of Topliss-reactive ketones (excluding diaryl/α,β-unsaturated/α-hetero) is 1. The van der Waals surface area contributed by atoms with Gasteiger partial charge in [0.05, 0.1) is 12.2 Å². The molecular formula is C22H17Cl2NO2S. The molecule has 0 unspecified atom stereocenters. The highest BCUT2D eigenvalue weighted by atomic mass is 35.5. The molecule has 1 N–H and O–H groups in total. The van der Waals surface area contributed by atoms with Crippen molar-refractivity contribution in [2.24, 2.45) is 0 Å². The van der Waals surface area contributed by atoms with Crippen LogP contribution in [0.3, 0.4) is 0 Å². The van der Waals surface area contributed by atoms with E-state index in [9.17, 15) is 9.59 Å². The second-order valence-corrected chi connectivity index (χ2v) is 8.02. The molecule has 0 spiro atoms. The molecule has 0 atom stereocenters. The fraction of sp³-hybridized carbons (Fsp3) is 0.0909. The van der Waals surface area contributed by atoms with Crippen molar-refractivity contribution in [1.82, 2.24) is 0 Å². The summed E-state index contributed by atoms with van der Waals surface area (Å²) in [6.07, 6.45) is 0.267. The van der Waals surface area contributed by atoms with E-state index in [1.54, 1.807) is 36.4 Å². The van der Waals surface area contributed by atoms with E-state index in [4.69, 9.17) is 23.2 Å². The number of nitrogens with one attached hydrogen (secondary N) is 1. The molecule has 0 aliphatic rings. The molecular weight excluding hydrogens is 413 g/mol.